The van der Waals surface area contributed by atoms with E-state index in [1.807, 2.05) is 60.7 Å². The predicted octanol–water partition coefficient (Wildman–Crippen LogP) is 2.72. The average molecular weight is 288 g/mol. The van der Waals surface area contributed by atoms with E-state index in [0.717, 1.165) is 21.4 Å². The van der Waals surface area contributed by atoms with Gasteiger partial charge >= 0.3 is 0 Å². The zero-order valence-electron chi connectivity index (χ0n) is 11.6. The monoisotopic (exact) mass is 288 g/mol. The Morgan fingerprint density at radius 3 is 2.32 bits per heavy atom. The van der Waals surface area contributed by atoms with Crippen LogP contribution in [0.15, 0.2) is 73.2 Å². The number of aromatic nitrogens is 4. The molecule has 106 valence electrons. The first-order chi connectivity index (χ1) is 10.8. The Morgan fingerprint density at radius 2 is 1.59 bits per heavy atom. The van der Waals surface area contributed by atoms with Crippen LogP contribution < -0.4 is 4.73 Å². The van der Waals surface area contributed by atoms with Crippen LogP contribution in [0.4, 0.5) is 0 Å². The highest BCUT2D eigenvalue weighted by Crippen LogP contribution is 2.25. The zero-order valence-corrected chi connectivity index (χ0v) is 11.6. The molecule has 2 aromatic carbocycles. The van der Waals surface area contributed by atoms with Gasteiger partial charge in [0.05, 0.1) is 11.9 Å². The fourth-order valence-electron chi connectivity index (χ4n) is 2.55. The average Bonchev–Trinajstić information content (AvgIpc) is 3.00. The molecule has 0 saturated carbocycles. The van der Waals surface area contributed by atoms with Gasteiger partial charge < -0.3 is 5.21 Å². The molecular formula is C17H12N4O. The SMILES string of the molecule is [O-][n+]1cnc2c(cnn2-c2ccccc2)c1-c1ccccc1. The van der Waals surface area contributed by atoms with E-state index < -0.39 is 0 Å². The molecule has 4 aromatic rings. The standard InChI is InChI=1S/C17H12N4O/c22-20-12-18-17-15(16(20)13-7-3-1-4-8-13)11-19-21(17)14-9-5-2-6-10-14/h1-12H. The summed E-state index contributed by atoms with van der Waals surface area (Å²) >= 11 is 0. The van der Waals surface area contributed by atoms with Crippen molar-refractivity contribution in [1.82, 2.24) is 14.8 Å². The van der Waals surface area contributed by atoms with Crippen molar-refractivity contribution in [2.45, 2.75) is 0 Å². The van der Waals surface area contributed by atoms with Gasteiger partial charge in [0.25, 0.3) is 12.0 Å². The topological polar surface area (TPSA) is 57.6 Å². The second-order valence-electron chi connectivity index (χ2n) is 4.91. The Bertz CT molecular complexity index is 933. The Balaban J connectivity index is 2.00. The van der Waals surface area contributed by atoms with Crippen molar-refractivity contribution >= 4 is 11.0 Å². The first-order valence-electron chi connectivity index (χ1n) is 6.91. The normalized spacial score (nSPS) is 10.9. The molecule has 2 heterocycles. The summed E-state index contributed by atoms with van der Waals surface area (Å²) in [4.78, 5) is 4.25. The first-order valence-corrected chi connectivity index (χ1v) is 6.91. The van der Waals surface area contributed by atoms with E-state index in [-0.39, 0.29) is 0 Å². The quantitative estimate of drug-likeness (QED) is 0.421. The molecule has 0 atom stereocenters. The third-order valence-electron chi connectivity index (χ3n) is 3.55. The molecule has 22 heavy (non-hydrogen) atoms. The molecule has 0 saturated heterocycles. The molecule has 0 amide bonds. The molecule has 0 aliphatic heterocycles. The molecule has 0 aliphatic rings. The molecule has 0 spiro atoms. The van der Waals surface area contributed by atoms with Gasteiger partial charge in [0.2, 0.25) is 0 Å². The van der Waals surface area contributed by atoms with Gasteiger partial charge in [-0.25, -0.2) is 4.73 Å². The summed E-state index contributed by atoms with van der Waals surface area (Å²) in [6.45, 7) is 0. The lowest BCUT2D eigenvalue weighted by atomic mass is 10.1. The van der Waals surface area contributed by atoms with E-state index in [9.17, 15) is 5.21 Å². The summed E-state index contributed by atoms with van der Waals surface area (Å²) in [5, 5.41) is 17.3. The Morgan fingerprint density at radius 1 is 0.909 bits per heavy atom. The van der Waals surface area contributed by atoms with Gasteiger partial charge in [-0.1, -0.05) is 48.5 Å². The minimum absolute atomic E-state index is 0.563. The highest BCUT2D eigenvalue weighted by atomic mass is 16.5. The third kappa shape index (κ3) is 1.91. The minimum atomic E-state index is 0.563. The van der Waals surface area contributed by atoms with Crippen LogP contribution in [0.5, 0.6) is 0 Å². The molecule has 5 nitrogen and oxygen atoms in total. The third-order valence-corrected chi connectivity index (χ3v) is 3.55. The number of fused-ring (bicyclic) bond motifs is 1. The van der Waals surface area contributed by atoms with E-state index >= 15 is 0 Å². The molecule has 0 radical (unpaired) electrons. The summed E-state index contributed by atoms with van der Waals surface area (Å²) in [5.74, 6) is 0. The minimum Gasteiger partial charge on any atom is -0.710 e. The van der Waals surface area contributed by atoms with E-state index in [2.05, 4.69) is 10.1 Å². The van der Waals surface area contributed by atoms with Crippen LogP contribution in [0.25, 0.3) is 28.0 Å². The summed E-state index contributed by atoms with van der Waals surface area (Å²) in [5.41, 5.74) is 2.98. The van der Waals surface area contributed by atoms with Gasteiger partial charge in [0, 0.05) is 5.56 Å². The number of hydrogen-bond acceptors (Lipinski definition) is 3. The number of rotatable bonds is 2. The number of benzene rings is 2. The summed E-state index contributed by atoms with van der Waals surface area (Å²) in [6, 6.07) is 19.3. The van der Waals surface area contributed by atoms with Gasteiger partial charge in [-0.15, -0.1) is 0 Å². The summed E-state index contributed by atoms with van der Waals surface area (Å²) in [6.07, 6.45) is 2.97. The fraction of sp³-hybridized carbons (Fsp3) is 0. The predicted molar refractivity (Wildman–Crippen MR) is 83.3 cm³/mol. The van der Waals surface area contributed by atoms with Gasteiger partial charge in [-0.05, 0) is 17.1 Å². The molecule has 0 unspecified atom stereocenters. The van der Waals surface area contributed by atoms with Crippen molar-refractivity contribution in [1.29, 1.82) is 0 Å². The zero-order chi connectivity index (χ0) is 14.9. The maximum absolute atomic E-state index is 12.2. The fourth-order valence-corrected chi connectivity index (χ4v) is 2.55. The van der Waals surface area contributed by atoms with Crippen molar-refractivity contribution in [2.24, 2.45) is 0 Å². The largest absolute Gasteiger partial charge is 0.710 e. The lowest BCUT2D eigenvalue weighted by Gasteiger charge is -2.08. The maximum atomic E-state index is 12.2. The highest BCUT2D eigenvalue weighted by molar-refractivity contribution is 5.89. The summed E-state index contributed by atoms with van der Waals surface area (Å²) < 4.78 is 2.52. The van der Waals surface area contributed by atoms with Gasteiger partial charge in [0.1, 0.15) is 5.39 Å². The van der Waals surface area contributed by atoms with Crippen LogP contribution in [0, 0.1) is 5.21 Å². The lowest BCUT2D eigenvalue weighted by molar-refractivity contribution is -0.595. The van der Waals surface area contributed by atoms with E-state index in [1.54, 1.807) is 10.9 Å². The van der Waals surface area contributed by atoms with Crippen LogP contribution >= 0.6 is 0 Å². The second-order valence-corrected chi connectivity index (χ2v) is 4.91. The van der Waals surface area contributed by atoms with E-state index in [1.165, 1.54) is 6.33 Å². The molecule has 0 fully saturated rings. The van der Waals surface area contributed by atoms with E-state index in [4.69, 9.17) is 0 Å². The number of para-hydroxylation sites is 1. The van der Waals surface area contributed by atoms with E-state index in [0.29, 0.717) is 11.3 Å². The first kappa shape index (κ1) is 12.5. The molecule has 0 bridgehead atoms. The van der Waals surface area contributed by atoms with Crippen LogP contribution in [-0.4, -0.2) is 14.8 Å². The van der Waals surface area contributed by atoms with Crippen molar-refractivity contribution in [3.63, 3.8) is 0 Å². The number of nitrogens with zero attached hydrogens (tertiary/aromatic N) is 4. The van der Waals surface area contributed by atoms with Gasteiger partial charge in [-0.3, -0.25) is 0 Å². The van der Waals surface area contributed by atoms with Crippen molar-refractivity contribution in [3.8, 4) is 16.9 Å². The Labute approximate surface area is 126 Å². The molecular weight excluding hydrogens is 276 g/mol. The van der Waals surface area contributed by atoms with Crippen LogP contribution in [-0.2, 0) is 0 Å². The number of hydrogen-bond donors (Lipinski definition) is 0. The van der Waals surface area contributed by atoms with Crippen molar-refractivity contribution in [2.75, 3.05) is 0 Å². The smallest absolute Gasteiger partial charge is 0.292 e. The maximum Gasteiger partial charge on any atom is 0.292 e. The molecule has 0 aliphatic carbocycles. The van der Waals surface area contributed by atoms with Gasteiger partial charge in [-0.2, -0.15) is 9.78 Å². The molecule has 0 N–H and O–H groups in total. The van der Waals surface area contributed by atoms with Crippen LogP contribution in [0.1, 0.15) is 0 Å². The van der Waals surface area contributed by atoms with Crippen LogP contribution in [0.2, 0.25) is 0 Å². The van der Waals surface area contributed by atoms with Gasteiger partial charge in [0.15, 0.2) is 5.69 Å². The van der Waals surface area contributed by atoms with Crippen molar-refractivity contribution < 1.29 is 4.73 Å². The molecule has 4 rings (SSSR count). The molecule has 5 heteroatoms. The summed E-state index contributed by atoms with van der Waals surface area (Å²) in [7, 11) is 0. The Kier molecular flexibility index (Phi) is 2.83. The molecule has 2 aromatic heterocycles. The van der Waals surface area contributed by atoms with Crippen LogP contribution in [0.3, 0.4) is 0 Å². The highest BCUT2D eigenvalue weighted by Gasteiger charge is 2.18. The van der Waals surface area contributed by atoms with Crippen molar-refractivity contribution in [3.05, 3.63) is 78.4 Å². The lowest BCUT2D eigenvalue weighted by Crippen LogP contribution is -2.29. The Hall–Kier alpha value is -3.21. The second kappa shape index (κ2) is 4.96.